The number of anilines is 1. The molecule has 0 aromatic heterocycles. The Morgan fingerprint density at radius 1 is 1.06 bits per heavy atom. The molecule has 2 nitrogen and oxygen atoms in total. The minimum atomic E-state index is 0.781. The number of hydrogen-bond acceptors (Lipinski definition) is 2. The molecule has 2 atom stereocenters. The maximum absolute atomic E-state index is 2.73. The fourth-order valence-corrected chi connectivity index (χ4v) is 3.50. The van der Waals surface area contributed by atoms with Gasteiger partial charge in [0.1, 0.15) is 0 Å². The SMILES string of the molecule is Cc1ccc(N2CCC(N3CCCC3C)C2)cc1. The summed E-state index contributed by atoms with van der Waals surface area (Å²) in [6.07, 6.45) is 4.11. The van der Waals surface area contributed by atoms with Crippen molar-refractivity contribution in [1.82, 2.24) is 4.90 Å². The van der Waals surface area contributed by atoms with Gasteiger partial charge in [0.2, 0.25) is 0 Å². The van der Waals surface area contributed by atoms with Gasteiger partial charge in [0.25, 0.3) is 0 Å². The van der Waals surface area contributed by atoms with Crippen molar-refractivity contribution in [1.29, 1.82) is 0 Å². The first-order chi connectivity index (χ1) is 8.74. The van der Waals surface area contributed by atoms with Gasteiger partial charge in [-0.3, -0.25) is 4.90 Å². The molecule has 2 fully saturated rings. The van der Waals surface area contributed by atoms with E-state index < -0.39 is 0 Å². The van der Waals surface area contributed by atoms with E-state index in [-0.39, 0.29) is 0 Å². The first-order valence-electron chi connectivity index (χ1n) is 7.31. The van der Waals surface area contributed by atoms with E-state index in [9.17, 15) is 0 Å². The Morgan fingerprint density at radius 2 is 1.83 bits per heavy atom. The van der Waals surface area contributed by atoms with Gasteiger partial charge < -0.3 is 4.90 Å². The minimum absolute atomic E-state index is 0.781. The van der Waals surface area contributed by atoms with Gasteiger partial charge in [0.05, 0.1) is 0 Å². The molecule has 18 heavy (non-hydrogen) atoms. The van der Waals surface area contributed by atoms with E-state index in [4.69, 9.17) is 0 Å². The average Bonchev–Trinajstić information content (AvgIpc) is 2.98. The summed E-state index contributed by atoms with van der Waals surface area (Å²) >= 11 is 0. The van der Waals surface area contributed by atoms with E-state index in [1.54, 1.807) is 0 Å². The maximum atomic E-state index is 2.73. The van der Waals surface area contributed by atoms with Crippen LogP contribution in [-0.2, 0) is 0 Å². The van der Waals surface area contributed by atoms with Gasteiger partial charge in [-0.25, -0.2) is 0 Å². The van der Waals surface area contributed by atoms with Crippen molar-refractivity contribution in [2.24, 2.45) is 0 Å². The van der Waals surface area contributed by atoms with Crippen LogP contribution in [0.3, 0.4) is 0 Å². The highest BCUT2D eigenvalue weighted by Crippen LogP contribution is 2.28. The van der Waals surface area contributed by atoms with E-state index >= 15 is 0 Å². The normalized spacial score (nSPS) is 29.1. The van der Waals surface area contributed by atoms with Crippen LogP contribution >= 0.6 is 0 Å². The van der Waals surface area contributed by atoms with Crippen LogP contribution in [0.25, 0.3) is 0 Å². The third kappa shape index (κ3) is 2.26. The van der Waals surface area contributed by atoms with Crippen molar-refractivity contribution < 1.29 is 0 Å². The average molecular weight is 244 g/mol. The van der Waals surface area contributed by atoms with Crippen LogP contribution in [0.15, 0.2) is 24.3 Å². The molecule has 1 aromatic rings. The smallest absolute Gasteiger partial charge is 0.0366 e. The predicted octanol–water partition coefficient (Wildman–Crippen LogP) is 3.06. The molecule has 0 amide bonds. The number of nitrogens with zero attached hydrogens (tertiary/aromatic N) is 2. The Kier molecular flexibility index (Phi) is 3.29. The Labute approximate surface area is 111 Å². The lowest BCUT2D eigenvalue weighted by Crippen LogP contribution is -2.39. The molecule has 2 heteroatoms. The summed E-state index contributed by atoms with van der Waals surface area (Å²) in [5.74, 6) is 0. The fraction of sp³-hybridized carbons (Fsp3) is 0.625. The van der Waals surface area contributed by atoms with Crippen molar-refractivity contribution in [2.45, 2.75) is 45.2 Å². The quantitative estimate of drug-likeness (QED) is 0.789. The van der Waals surface area contributed by atoms with Crippen LogP contribution in [0.1, 0.15) is 31.7 Å². The van der Waals surface area contributed by atoms with Gasteiger partial charge >= 0.3 is 0 Å². The van der Waals surface area contributed by atoms with Crippen molar-refractivity contribution in [3.8, 4) is 0 Å². The molecule has 1 aromatic carbocycles. The molecule has 0 saturated carbocycles. The molecule has 3 rings (SSSR count). The first kappa shape index (κ1) is 12.0. The molecule has 2 aliphatic heterocycles. The van der Waals surface area contributed by atoms with Gasteiger partial charge in [0, 0.05) is 30.9 Å². The Balaban J connectivity index is 1.66. The van der Waals surface area contributed by atoms with Crippen LogP contribution in [-0.4, -0.2) is 36.6 Å². The number of aryl methyl sites for hydroxylation is 1. The molecule has 2 aliphatic rings. The summed E-state index contributed by atoms with van der Waals surface area (Å²) in [6.45, 7) is 8.29. The lowest BCUT2D eigenvalue weighted by Gasteiger charge is -2.28. The zero-order valence-electron chi connectivity index (χ0n) is 11.6. The second-order valence-electron chi connectivity index (χ2n) is 5.95. The van der Waals surface area contributed by atoms with E-state index in [0.717, 1.165) is 12.1 Å². The molecule has 98 valence electrons. The molecule has 0 N–H and O–H groups in total. The minimum Gasteiger partial charge on any atom is -0.370 e. The zero-order chi connectivity index (χ0) is 12.5. The summed E-state index contributed by atoms with van der Waals surface area (Å²) in [5, 5.41) is 0. The van der Waals surface area contributed by atoms with Crippen molar-refractivity contribution in [3.05, 3.63) is 29.8 Å². The molecule has 2 saturated heterocycles. The third-order valence-electron chi connectivity index (χ3n) is 4.64. The highest BCUT2D eigenvalue weighted by Gasteiger charge is 2.32. The van der Waals surface area contributed by atoms with E-state index in [0.29, 0.717) is 0 Å². The van der Waals surface area contributed by atoms with Crippen LogP contribution in [0.2, 0.25) is 0 Å². The number of hydrogen-bond donors (Lipinski definition) is 0. The standard InChI is InChI=1S/C16H24N2/c1-13-5-7-15(8-6-13)17-11-9-16(12-17)18-10-3-4-14(18)2/h5-8,14,16H,3-4,9-12H2,1-2H3. The monoisotopic (exact) mass is 244 g/mol. The number of likely N-dealkylation sites (tertiary alicyclic amines) is 1. The van der Waals surface area contributed by atoms with Gasteiger partial charge in [0.15, 0.2) is 0 Å². The predicted molar refractivity (Wildman–Crippen MR) is 77.2 cm³/mol. The van der Waals surface area contributed by atoms with E-state index in [1.165, 1.54) is 50.1 Å². The van der Waals surface area contributed by atoms with Crippen LogP contribution in [0, 0.1) is 6.92 Å². The highest BCUT2D eigenvalue weighted by molar-refractivity contribution is 5.48. The first-order valence-corrected chi connectivity index (χ1v) is 7.31. The summed E-state index contributed by atoms with van der Waals surface area (Å²) in [6, 6.07) is 10.6. The zero-order valence-corrected chi connectivity index (χ0v) is 11.6. The van der Waals surface area contributed by atoms with Crippen molar-refractivity contribution in [3.63, 3.8) is 0 Å². The maximum Gasteiger partial charge on any atom is 0.0366 e. The Bertz CT molecular complexity index is 398. The lowest BCUT2D eigenvalue weighted by molar-refractivity contribution is 0.204. The molecular formula is C16H24N2. The Morgan fingerprint density at radius 3 is 2.50 bits per heavy atom. The highest BCUT2D eigenvalue weighted by atomic mass is 15.3. The molecule has 0 radical (unpaired) electrons. The molecule has 0 spiro atoms. The van der Waals surface area contributed by atoms with Gasteiger partial charge in [-0.2, -0.15) is 0 Å². The lowest BCUT2D eigenvalue weighted by atomic mass is 10.2. The van der Waals surface area contributed by atoms with Crippen molar-refractivity contribution in [2.75, 3.05) is 24.5 Å². The largest absolute Gasteiger partial charge is 0.370 e. The fourth-order valence-electron chi connectivity index (χ4n) is 3.50. The molecule has 0 bridgehead atoms. The summed E-state index contributed by atoms with van der Waals surface area (Å²) in [4.78, 5) is 5.28. The third-order valence-corrected chi connectivity index (χ3v) is 4.64. The topological polar surface area (TPSA) is 6.48 Å². The molecular weight excluding hydrogens is 220 g/mol. The summed E-state index contributed by atoms with van der Waals surface area (Å²) in [5.41, 5.74) is 2.75. The summed E-state index contributed by atoms with van der Waals surface area (Å²) < 4.78 is 0. The van der Waals surface area contributed by atoms with Crippen LogP contribution in [0.4, 0.5) is 5.69 Å². The van der Waals surface area contributed by atoms with Gasteiger partial charge in [-0.15, -0.1) is 0 Å². The van der Waals surface area contributed by atoms with E-state index in [1.807, 2.05) is 0 Å². The molecule has 2 heterocycles. The van der Waals surface area contributed by atoms with Crippen molar-refractivity contribution >= 4 is 5.69 Å². The molecule has 2 unspecified atom stereocenters. The van der Waals surface area contributed by atoms with Gasteiger partial charge in [-0.1, -0.05) is 17.7 Å². The van der Waals surface area contributed by atoms with Crippen LogP contribution in [0.5, 0.6) is 0 Å². The second-order valence-corrected chi connectivity index (χ2v) is 5.95. The van der Waals surface area contributed by atoms with Gasteiger partial charge in [-0.05, 0) is 51.8 Å². The number of benzene rings is 1. The van der Waals surface area contributed by atoms with Crippen LogP contribution < -0.4 is 4.90 Å². The second kappa shape index (κ2) is 4.93. The Hall–Kier alpha value is -1.02. The summed E-state index contributed by atoms with van der Waals surface area (Å²) in [7, 11) is 0. The number of rotatable bonds is 2. The van der Waals surface area contributed by atoms with E-state index in [2.05, 4.69) is 47.9 Å². The molecule has 0 aliphatic carbocycles.